The van der Waals surface area contributed by atoms with Crippen molar-refractivity contribution in [3.05, 3.63) is 0 Å². The maximum atomic E-state index is 8.29. The Kier molecular flexibility index (Phi) is 16.0. The molecule has 0 radical (unpaired) electrons. The van der Waals surface area contributed by atoms with Crippen molar-refractivity contribution in [2.75, 3.05) is 26.2 Å². The van der Waals surface area contributed by atoms with Crippen LogP contribution in [0.15, 0.2) is 0 Å². The first-order valence-electron chi connectivity index (χ1n) is 2.93. The second-order valence-electron chi connectivity index (χ2n) is 1.62. The number of nitrogens with one attached hydrogen (secondary N) is 1. The van der Waals surface area contributed by atoms with Crippen molar-refractivity contribution in [3.63, 3.8) is 0 Å². The molecule has 0 aliphatic heterocycles. The maximum absolute atomic E-state index is 8.29. The van der Waals surface area contributed by atoms with Crippen LogP contribution in [0.4, 0.5) is 0 Å². The van der Waals surface area contributed by atoms with Gasteiger partial charge in [0.05, 0.1) is 0 Å². The van der Waals surface area contributed by atoms with E-state index in [2.05, 4.69) is 5.32 Å². The van der Waals surface area contributed by atoms with Crippen LogP contribution < -0.4 is 11.1 Å². The number of nitrogens with two attached hydrogens (primary N) is 1. The predicted octanol–water partition coefficient (Wildman–Crippen LogP) is -1.09. The molecule has 0 bridgehead atoms. The van der Waals surface area contributed by atoms with Crippen LogP contribution in [0.1, 0.15) is 6.42 Å². The Morgan fingerprint density at radius 3 is 2.44 bits per heavy atom. The molecule has 0 atom stereocenters. The molecule has 0 rings (SSSR count). The molecule has 0 spiro atoms. The molecule has 0 fully saturated rings. The second-order valence-corrected chi connectivity index (χ2v) is 1.62. The third kappa shape index (κ3) is 12.1. The fraction of sp³-hybridized carbons (Fsp3) is 1.00. The van der Waals surface area contributed by atoms with Crippen LogP contribution >= 0.6 is 0 Å². The van der Waals surface area contributed by atoms with Crippen LogP contribution in [0.3, 0.4) is 0 Å². The summed E-state index contributed by atoms with van der Waals surface area (Å²) in [5.41, 5.74) is 5.19. The van der Waals surface area contributed by atoms with Gasteiger partial charge in [0.1, 0.15) is 0 Å². The zero-order valence-electron chi connectivity index (χ0n) is 5.56. The van der Waals surface area contributed by atoms with Gasteiger partial charge in [-0.25, -0.2) is 0 Å². The van der Waals surface area contributed by atoms with E-state index in [0.29, 0.717) is 6.54 Å². The summed E-state index contributed by atoms with van der Waals surface area (Å²) in [6.45, 7) is 2.65. The van der Waals surface area contributed by atoms with Gasteiger partial charge in [0.25, 0.3) is 0 Å². The molecule has 0 aromatic rings. The standard InChI is InChI=1S/C5H14N2O.Zr/c6-2-4-7-3-1-5-8;/h7-8H,1-6H2;. The van der Waals surface area contributed by atoms with Crippen LogP contribution in [0, 0.1) is 0 Å². The summed E-state index contributed by atoms with van der Waals surface area (Å²) in [7, 11) is 0. The predicted molar refractivity (Wildman–Crippen MR) is 33.6 cm³/mol. The van der Waals surface area contributed by atoms with Crippen molar-refractivity contribution in [2.45, 2.75) is 6.42 Å². The van der Waals surface area contributed by atoms with Gasteiger partial charge >= 0.3 is 0 Å². The fourth-order valence-electron chi connectivity index (χ4n) is 0.431. The van der Waals surface area contributed by atoms with Crippen molar-refractivity contribution in [1.29, 1.82) is 0 Å². The van der Waals surface area contributed by atoms with Crippen LogP contribution in [0.5, 0.6) is 0 Å². The van der Waals surface area contributed by atoms with Crippen LogP contribution in [0.25, 0.3) is 0 Å². The molecule has 0 aromatic carbocycles. The minimum absolute atomic E-state index is 0. The fourth-order valence-corrected chi connectivity index (χ4v) is 0.431. The van der Waals surface area contributed by atoms with Gasteiger partial charge in [0.2, 0.25) is 0 Å². The van der Waals surface area contributed by atoms with Crippen molar-refractivity contribution in [3.8, 4) is 0 Å². The molecule has 0 saturated carbocycles. The van der Waals surface area contributed by atoms with E-state index in [1.54, 1.807) is 0 Å². The Morgan fingerprint density at radius 1 is 1.33 bits per heavy atom. The Hall–Kier alpha value is 0.763. The van der Waals surface area contributed by atoms with Crippen molar-refractivity contribution >= 4 is 0 Å². The molecule has 3 nitrogen and oxygen atoms in total. The van der Waals surface area contributed by atoms with Gasteiger partial charge in [-0.2, -0.15) is 0 Å². The molecule has 0 amide bonds. The van der Waals surface area contributed by atoms with E-state index < -0.39 is 0 Å². The number of hydrogen-bond acceptors (Lipinski definition) is 3. The summed E-state index contributed by atoms with van der Waals surface area (Å²) in [6.07, 6.45) is 0.819. The van der Waals surface area contributed by atoms with Crippen molar-refractivity contribution in [1.82, 2.24) is 5.32 Å². The van der Waals surface area contributed by atoms with E-state index in [9.17, 15) is 0 Å². The van der Waals surface area contributed by atoms with E-state index in [1.165, 1.54) is 0 Å². The first kappa shape index (κ1) is 12.4. The summed E-state index contributed by atoms with van der Waals surface area (Å²) >= 11 is 0. The molecular formula is C5H14N2OZr. The molecule has 0 aliphatic rings. The number of aliphatic hydroxyl groups is 1. The average Bonchev–Trinajstić information content (AvgIpc) is 1.81. The molecule has 9 heavy (non-hydrogen) atoms. The zero-order valence-corrected chi connectivity index (χ0v) is 8.02. The Bertz CT molecular complexity index is 39.9. The zero-order chi connectivity index (χ0) is 6.24. The third-order valence-electron chi connectivity index (χ3n) is 0.833. The topological polar surface area (TPSA) is 58.3 Å². The summed E-state index contributed by atoms with van der Waals surface area (Å²) in [6, 6.07) is 0. The first-order valence-corrected chi connectivity index (χ1v) is 2.93. The summed E-state index contributed by atoms with van der Waals surface area (Å²) in [4.78, 5) is 0. The van der Waals surface area contributed by atoms with Gasteiger partial charge < -0.3 is 16.2 Å². The largest absolute Gasteiger partial charge is 0.396 e. The van der Waals surface area contributed by atoms with E-state index in [0.717, 1.165) is 19.5 Å². The van der Waals surface area contributed by atoms with Gasteiger partial charge in [-0.15, -0.1) is 0 Å². The molecule has 0 aromatic heterocycles. The summed E-state index contributed by atoms with van der Waals surface area (Å²) < 4.78 is 0. The van der Waals surface area contributed by atoms with Crippen molar-refractivity contribution in [2.24, 2.45) is 5.73 Å². The van der Waals surface area contributed by atoms with E-state index in [1.807, 2.05) is 0 Å². The SMILES string of the molecule is NCCNCCCO.[Zr]. The molecule has 0 saturated heterocycles. The first-order chi connectivity index (χ1) is 3.91. The quantitative estimate of drug-likeness (QED) is 0.505. The van der Waals surface area contributed by atoms with Gasteiger partial charge in [-0.1, -0.05) is 0 Å². The van der Waals surface area contributed by atoms with Gasteiger partial charge in [-0.05, 0) is 13.0 Å². The number of aliphatic hydroxyl groups excluding tert-OH is 1. The molecule has 0 heterocycles. The van der Waals surface area contributed by atoms with Crippen LogP contribution in [-0.2, 0) is 26.2 Å². The molecule has 4 N–H and O–H groups in total. The Labute approximate surface area is 75.1 Å². The smallest absolute Gasteiger partial charge is 0.0443 e. The average molecular weight is 209 g/mol. The normalized spacial score (nSPS) is 8.67. The molecule has 0 unspecified atom stereocenters. The number of rotatable bonds is 5. The monoisotopic (exact) mass is 208 g/mol. The summed E-state index contributed by atoms with van der Waals surface area (Å²) in [5, 5.41) is 11.3. The molecule has 4 heteroatoms. The van der Waals surface area contributed by atoms with Gasteiger partial charge in [0, 0.05) is 45.9 Å². The third-order valence-corrected chi connectivity index (χ3v) is 0.833. The van der Waals surface area contributed by atoms with Crippen molar-refractivity contribution < 1.29 is 31.3 Å². The molecule has 0 aliphatic carbocycles. The van der Waals surface area contributed by atoms with Gasteiger partial charge in [-0.3, -0.25) is 0 Å². The van der Waals surface area contributed by atoms with Gasteiger partial charge in [0.15, 0.2) is 0 Å². The van der Waals surface area contributed by atoms with Crippen LogP contribution in [0.2, 0.25) is 0 Å². The Balaban J connectivity index is 0. The van der Waals surface area contributed by atoms with E-state index >= 15 is 0 Å². The van der Waals surface area contributed by atoms with Crippen LogP contribution in [-0.4, -0.2) is 31.3 Å². The van der Waals surface area contributed by atoms with E-state index in [4.69, 9.17) is 10.8 Å². The van der Waals surface area contributed by atoms with E-state index in [-0.39, 0.29) is 32.8 Å². The second kappa shape index (κ2) is 11.5. The minimum Gasteiger partial charge on any atom is -0.396 e. The summed E-state index contributed by atoms with van der Waals surface area (Å²) in [5.74, 6) is 0. The Morgan fingerprint density at radius 2 is 2.00 bits per heavy atom. The number of hydrogen-bond donors (Lipinski definition) is 3. The minimum atomic E-state index is 0. The molecule has 54 valence electrons. The maximum Gasteiger partial charge on any atom is 0.0443 e. The molecular weight excluding hydrogens is 195 g/mol.